The SMILES string of the molecule is COC(=O)c1ccc(C)c(NC(=O)CNc2cc(OC)c(Cl)cc2OC)c1. The molecule has 2 rings (SSSR count). The predicted molar refractivity (Wildman–Crippen MR) is 104 cm³/mol. The van der Waals surface area contributed by atoms with Gasteiger partial charge in [-0.1, -0.05) is 17.7 Å². The first kappa shape index (κ1) is 20.4. The fraction of sp³-hybridized carbons (Fsp3) is 0.263. The fourth-order valence-corrected chi connectivity index (χ4v) is 2.60. The second kappa shape index (κ2) is 9.14. The molecule has 0 aliphatic heterocycles. The summed E-state index contributed by atoms with van der Waals surface area (Å²) in [6, 6.07) is 8.20. The van der Waals surface area contributed by atoms with Crippen LogP contribution in [-0.2, 0) is 9.53 Å². The molecule has 0 heterocycles. The molecule has 2 N–H and O–H groups in total. The van der Waals surface area contributed by atoms with Gasteiger partial charge in [0.25, 0.3) is 0 Å². The molecule has 0 saturated carbocycles. The lowest BCUT2D eigenvalue weighted by molar-refractivity contribution is -0.114. The molecule has 0 fully saturated rings. The first-order valence-corrected chi connectivity index (χ1v) is 8.41. The Hall–Kier alpha value is -2.93. The molecule has 0 aliphatic rings. The number of halogens is 1. The molecular formula is C19H21ClN2O5. The van der Waals surface area contributed by atoms with Gasteiger partial charge in [-0.2, -0.15) is 0 Å². The van der Waals surface area contributed by atoms with Crippen molar-refractivity contribution < 1.29 is 23.8 Å². The van der Waals surface area contributed by atoms with Crippen molar-refractivity contribution in [3.05, 3.63) is 46.5 Å². The number of aryl methyl sites for hydroxylation is 1. The summed E-state index contributed by atoms with van der Waals surface area (Å²) in [7, 11) is 4.31. The third kappa shape index (κ3) is 5.04. The molecule has 0 aromatic heterocycles. The molecule has 0 saturated heterocycles. The van der Waals surface area contributed by atoms with Crippen LogP contribution in [0.4, 0.5) is 11.4 Å². The number of carbonyl (C=O) groups excluding carboxylic acids is 2. The van der Waals surface area contributed by atoms with Gasteiger partial charge >= 0.3 is 5.97 Å². The van der Waals surface area contributed by atoms with E-state index >= 15 is 0 Å². The normalized spacial score (nSPS) is 10.1. The predicted octanol–water partition coefficient (Wildman–Crippen LogP) is 3.50. The fourth-order valence-electron chi connectivity index (χ4n) is 2.37. The van der Waals surface area contributed by atoms with Gasteiger partial charge in [0.05, 0.1) is 44.1 Å². The van der Waals surface area contributed by atoms with Gasteiger partial charge in [0, 0.05) is 17.8 Å². The van der Waals surface area contributed by atoms with Crippen molar-refractivity contribution in [3.63, 3.8) is 0 Å². The Morgan fingerprint density at radius 2 is 1.70 bits per heavy atom. The van der Waals surface area contributed by atoms with Crippen molar-refractivity contribution in [1.29, 1.82) is 0 Å². The second-order valence-electron chi connectivity index (χ2n) is 5.61. The van der Waals surface area contributed by atoms with E-state index in [1.165, 1.54) is 21.3 Å². The number of amides is 1. The van der Waals surface area contributed by atoms with Crippen molar-refractivity contribution in [3.8, 4) is 11.5 Å². The number of hydrogen-bond donors (Lipinski definition) is 2. The highest BCUT2D eigenvalue weighted by molar-refractivity contribution is 6.32. The van der Waals surface area contributed by atoms with E-state index in [0.29, 0.717) is 33.5 Å². The van der Waals surface area contributed by atoms with Crippen LogP contribution < -0.4 is 20.1 Å². The maximum absolute atomic E-state index is 12.3. The van der Waals surface area contributed by atoms with E-state index in [9.17, 15) is 9.59 Å². The number of carbonyl (C=O) groups is 2. The summed E-state index contributed by atoms with van der Waals surface area (Å²) in [6.45, 7) is 1.81. The summed E-state index contributed by atoms with van der Waals surface area (Å²) in [5.41, 5.74) is 2.27. The van der Waals surface area contributed by atoms with Gasteiger partial charge in [0.1, 0.15) is 11.5 Å². The molecule has 8 heteroatoms. The number of benzene rings is 2. The van der Waals surface area contributed by atoms with Crippen molar-refractivity contribution in [1.82, 2.24) is 0 Å². The molecule has 0 unspecified atom stereocenters. The molecule has 0 bridgehead atoms. The Labute approximate surface area is 162 Å². The van der Waals surface area contributed by atoms with Gasteiger partial charge in [0.2, 0.25) is 5.91 Å². The number of anilines is 2. The van der Waals surface area contributed by atoms with Crippen LogP contribution in [0.3, 0.4) is 0 Å². The molecule has 2 aromatic carbocycles. The Morgan fingerprint density at radius 3 is 2.33 bits per heavy atom. The van der Waals surface area contributed by atoms with Gasteiger partial charge in [0.15, 0.2) is 0 Å². The van der Waals surface area contributed by atoms with E-state index in [2.05, 4.69) is 10.6 Å². The van der Waals surface area contributed by atoms with E-state index in [-0.39, 0.29) is 12.5 Å². The summed E-state index contributed by atoms with van der Waals surface area (Å²) in [5, 5.41) is 6.16. The number of rotatable bonds is 7. The summed E-state index contributed by atoms with van der Waals surface area (Å²) < 4.78 is 15.1. The lowest BCUT2D eigenvalue weighted by Crippen LogP contribution is -2.22. The minimum atomic E-state index is -0.471. The highest BCUT2D eigenvalue weighted by atomic mass is 35.5. The van der Waals surface area contributed by atoms with Crippen LogP contribution in [0.15, 0.2) is 30.3 Å². The lowest BCUT2D eigenvalue weighted by atomic mass is 10.1. The van der Waals surface area contributed by atoms with Crippen molar-refractivity contribution in [2.45, 2.75) is 6.92 Å². The van der Waals surface area contributed by atoms with Crippen molar-refractivity contribution >= 4 is 34.9 Å². The minimum absolute atomic E-state index is 0.0248. The van der Waals surface area contributed by atoms with Gasteiger partial charge in [-0.25, -0.2) is 4.79 Å². The van der Waals surface area contributed by atoms with Gasteiger partial charge in [-0.05, 0) is 24.6 Å². The average molecular weight is 393 g/mol. The zero-order chi connectivity index (χ0) is 20.0. The Kier molecular flexibility index (Phi) is 6.90. The summed E-state index contributed by atoms with van der Waals surface area (Å²) in [4.78, 5) is 24.0. The van der Waals surface area contributed by atoms with Crippen LogP contribution in [0.2, 0.25) is 5.02 Å². The van der Waals surface area contributed by atoms with E-state index in [1.54, 1.807) is 30.3 Å². The largest absolute Gasteiger partial charge is 0.495 e. The Morgan fingerprint density at radius 1 is 1.00 bits per heavy atom. The maximum Gasteiger partial charge on any atom is 0.337 e. The average Bonchev–Trinajstić information content (AvgIpc) is 2.67. The summed E-state index contributed by atoms with van der Waals surface area (Å²) in [6.07, 6.45) is 0. The Bertz CT molecular complexity index is 854. The molecule has 144 valence electrons. The third-order valence-corrected chi connectivity index (χ3v) is 4.14. The van der Waals surface area contributed by atoms with Crippen LogP contribution in [0.25, 0.3) is 0 Å². The van der Waals surface area contributed by atoms with E-state index in [0.717, 1.165) is 5.56 Å². The maximum atomic E-state index is 12.3. The number of ether oxygens (including phenoxy) is 3. The van der Waals surface area contributed by atoms with Gasteiger partial charge in [-0.3, -0.25) is 4.79 Å². The number of hydrogen-bond acceptors (Lipinski definition) is 6. The zero-order valence-electron chi connectivity index (χ0n) is 15.5. The van der Waals surface area contributed by atoms with Gasteiger partial charge in [-0.15, -0.1) is 0 Å². The second-order valence-corrected chi connectivity index (χ2v) is 6.02. The van der Waals surface area contributed by atoms with E-state index in [4.69, 9.17) is 25.8 Å². The molecule has 1 amide bonds. The molecule has 27 heavy (non-hydrogen) atoms. The van der Waals surface area contributed by atoms with Gasteiger partial charge < -0.3 is 24.8 Å². The smallest absolute Gasteiger partial charge is 0.337 e. The quantitative estimate of drug-likeness (QED) is 0.701. The van der Waals surface area contributed by atoms with Crippen molar-refractivity contribution in [2.75, 3.05) is 38.5 Å². The first-order valence-electron chi connectivity index (χ1n) is 8.03. The standard InChI is InChI=1S/C19H21ClN2O5/c1-11-5-6-12(19(24)27-4)7-14(11)22-18(23)10-21-15-9-16(25-2)13(20)8-17(15)26-3/h5-9,21H,10H2,1-4H3,(H,22,23). The monoisotopic (exact) mass is 392 g/mol. The molecule has 2 aromatic rings. The van der Waals surface area contributed by atoms with Crippen LogP contribution in [0.1, 0.15) is 15.9 Å². The summed E-state index contributed by atoms with van der Waals surface area (Å²) in [5.74, 6) is 0.178. The topological polar surface area (TPSA) is 85.9 Å². The summed E-state index contributed by atoms with van der Waals surface area (Å²) >= 11 is 6.07. The zero-order valence-corrected chi connectivity index (χ0v) is 16.3. The van der Waals surface area contributed by atoms with Crippen LogP contribution in [0.5, 0.6) is 11.5 Å². The van der Waals surface area contributed by atoms with Crippen LogP contribution >= 0.6 is 11.6 Å². The molecule has 0 aliphatic carbocycles. The van der Waals surface area contributed by atoms with Crippen LogP contribution in [0, 0.1) is 6.92 Å². The number of esters is 1. The first-order chi connectivity index (χ1) is 12.9. The number of nitrogens with one attached hydrogen (secondary N) is 2. The van der Waals surface area contributed by atoms with E-state index < -0.39 is 5.97 Å². The third-order valence-electron chi connectivity index (χ3n) is 3.85. The minimum Gasteiger partial charge on any atom is -0.495 e. The highest BCUT2D eigenvalue weighted by Crippen LogP contribution is 2.35. The molecule has 7 nitrogen and oxygen atoms in total. The lowest BCUT2D eigenvalue weighted by Gasteiger charge is -2.14. The molecule has 0 radical (unpaired) electrons. The molecule has 0 spiro atoms. The highest BCUT2D eigenvalue weighted by Gasteiger charge is 2.13. The Balaban J connectivity index is 2.10. The molecule has 0 atom stereocenters. The van der Waals surface area contributed by atoms with E-state index in [1.807, 2.05) is 6.92 Å². The molecular weight excluding hydrogens is 372 g/mol. The van der Waals surface area contributed by atoms with Crippen molar-refractivity contribution in [2.24, 2.45) is 0 Å². The van der Waals surface area contributed by atoms with Crippen LogP contribution in [-0.4, -0.2) is 39.8 Å². The number of methoxy groups -OCH3 is 3.